The molecule has 0 radical (unpaired) electrons. The predicted molar refractivity (Wildman–Crippen MR) is 63.1 cm³/mol. The van der Waals surface area contributed by atoms with Crippen LogP contribution >= 0.6 is 11.6 Å². The Labute approximate surface area is 96.8 Å². The molecule has 1 aromatic rings. The smallest absolute Gasteiger partial charge is 0.138 e. The Bertz CT molecular complexity index is 281. The van der Waals surface area contributed by atoms with Gasteiger partial charge in [-0.1, -0.05) is 13.8 Å². The van der Waals surface area contributed by atoms with Crippen LogP contribution in [0.5, 0.6) is 0 Å². The van der Waals surface area contributed by atoms with Gasteiger partial charge in [-0.3, -0.25) is 0 Å². The lowest BCUT2D eigenvalue weighted by atomic mass is 10.2. The largest absolute Gasteiger partial charge is 0.250 e. The molecule has 0 aromatic carbocycles. The zero-order valence-corrected chi connectivity index (χ0v) is 10.5. The Morgan fingerprint density at radius 1 is 1.40 bits per heavy atom. The summed E-state index contributed by atoms with van der Waals surface area (Å²) in [6, 6.07) is 0. The minimum absolute atomic E-state index is 0.256. The van der Waals surface area contributed by atoms with E-state index in [1.54, 1.807) is 6.33 Å². The zero-order chi connectivity index (χ0) is 11.3. The molecule has 0 bridgehead atoms. The number of halogens is 1. The van der Waals surface area contributed by atoms with Gasteiger partial charge in [-0.2, -0.15) is 5.10 Å². The van der Waals surface area contributed by atoms with Crippen molar-refractivity contribution in [2.24, 2.45) is 5.92 Å². The molecule has 0 saturated heterocycles. The average Bonchev–Trinajstić information content (AvgIpc) is 2.51. The van der Waals surface area contributed by atoms with E-state index >= 15 is 0 Å². The fraction of sp³-hybridized carbons (Fsp3) is 0.818. The maximum atomic E-state index is 5.90. The van der Waals surface area contributed by atoms with Gasteiger partial charge in [0.25, 0.3) is 0 Å². The van der Waals surface area contributed by atoms with Gasteiger partial charge in [-0.25, -0.2) is 9.67 Å². The summed E-state index contributed by atoms with van der Waals surface area (Å²) in [4.78, 5) is 4.27. The van der Waals surface area contributed by atoms with Crippen LogP contribution < -0.4 is 0 Å². The zero-order valence-electron chi connectivity index (χ0n) is 9.78. The van der Waals surface area contributed by atoms with E-state index in [0.29, 0.717) is 5.92 Å². The SMILES string of the molecule is CC(C)Cn1ncnc1CCCC(C)Cl. The third kappa shape index (κ3) is 4.65. The van der Waals surface area contributed by atoms with Crippen LogP contribution in [0.1, 0.15) is 39.4 Å². The van der Waals surface area contributed by atoms with Crippen molar-refractivity contribution in [2.45, 2.75) is 52.0 Å². The molecule has 1 heterocycles. The normalized spacial score (nSPS) is 13.4. The van der Waals surface area contributed by atoms with Gasteiger partial charge < -0.3 is 0 Å². The second-order valence-corrected chi connectivity index (χ2v) is 5.17. The second-order valence-electron chi connectivity index (χ2n) is 4.43. The van der Waals surface area contributed by atoms with Crippen LogP contribution in [0.15, 0.2) is 6.33 Å². The quantitative estimate of drug-likeness (QED) is 0.703. The molecule has 1 unspecified atom stereocenters. The highest BCUT2D eigenvalue weighted by Crippen LogP contribution is 2.09. The van der Waals surface area contributed by atoms with Crippen LogP contribution in [-0.2, 0) is 13.0 Å². The standard InChI is InChI=1S/C11H20ClN3/c1-9(2)7-15-11(13-8-14-15)6-4-5-10(3)12/h8-10H,4-7H2,1-3H3. The molecule has 0 saturated carbocycles. The van der Waals surface area contributed by atoms with Crippen molar-refractivity contribution >= 4 is 11.6 Å². The van der Waals surface area contributed by atoms with Gasteiger partial charge >= 0.3 is 0 Å². The van der Waals surface area contributed by atoms with E-state index in [2.05, 4.69) is 23.9 Å². The number of aryl methyl sites for hydroxylation is 1. The van der Waals surface area contributed by atoms with E-state index in [-0.39, 0.29) is 5.38 Å². The number of hydrogen-bond donors (Lipinski definition) is 0. The minimum atomic E-state index is 0.256. The monoisotopic (exact) mass is 229 g/mol. The summed E-state index contributed by atoms with van der Waals surface area (Å²) in [7, 11) is 0. The van der Waals surface area contributed by atoms with Crippen LogP contribution in [0.4, 0.5) is 0 Å². The minimum Gasteiger partial charge on any atom is -0.250 e. The molecule has 86 valence electrons. The Balaban J connectivity index is 2.43. The van der Waals surface area contributed by atoms with Gasteiger partial charge in [0.1, 0.15) is 12.2 Å². The number of aromatic nitrogens is 3. The van der Waals surface area contributed by atoms with E-state index in [1.807, 2.05) is 11.6 Å². The van der Waals surface area contributed by atoms with E-state index in [4.69, 9.17) is 11.6 Å². The first-order chi connectivity index (χ1) is 7.09. The van der Waals surface area contributed by atoms with E-state index < -0.39 is 0 Å². The van der Waals surface area contributed by atoms with Crippen LogP contribution in [0.3, 0.4) is 0 Å². The lowest BCUT2D eigenvalue weighted by Gasteiger charge is -2.08. The average molecular weight is 230 g/mol. The first-order valence-electron chi connectivity index (χ1n) is 5.60. The second kappa shape index (κ2) is 6.11. The lowest BCUT2D eigenvalue weighted by molar-refractivity contribution is 0.462. The molecular weight excluding hydrogens is 210 g/mol. The molecule has 0 N–H and O–H groups in total. The summed E-state index contributed by atoms with van der Waals surface area (Å²) in [6.45, 7) is 7.35. The summed E-state index contributed by atoms with van der Waals surface area (Å²) in [5.74, 6) is 1.69. The molecule has 0 spiro atoms. The molecular formula is C11H20ClN3. The van der Waals surface area contributed by atoms with Crippen LogP contribution in [-0.4, -0.2) is 20.1 Å². The number of hydrogen-bond acceptors (Lipinski definition) is 2. The van der Waals surface area contributed by atoms with Gasteiger partial charge in [0.2, 0.25) is 0 Å². The summed E-state index contributed by atoms with van der Waals surface area (Å²) in [5.41, 5.74) is 0. The summed E-state index contributed by atoms with van der Waals surface area (Å²) in [5, 5.41) is 4.48. The van der Waals surface area contributed by atoms with Gasteiger partial charge in [0.05, 0.1) is 0 Å². The molecule has 0 amide bonds. The van der Waals surface area contributed by atoms with Gasteiger partial charge in [0, 0.05) is 18.3 Å². The van der Waals surface area contributed by atoms with Crippen molar-refractivity contribution in [3.05, 3.63) is 12.2 Å². The number of nitrogens with zero attached hydrogens (tertiary/aromatic N) is 3. The van der Waals surface area contributed by atoms with Gasteiger partial charge in [0.15, 0.2) is 0 Å². The van der Waals surface area contributed by atoms with Crippen LogP contribution in [0, 0.1) is 5.92 Å². The van der Waals surface area contributed by atoms with Crippen molar-refractivity contribution in [2.75, 3.05) is 0 Å². The molecule has 1 aromatic heterocycles. The highest BCUT2D eigenvalue weighted by atomic mass is 35.5. The molecule has 1 rings (SSSR count). The highest BCUT2D eigenvalue weighted by Gasteiger charge is 2.06. The van der Waals surface area contributed by atoms with Crippen molar-refractivity contribution < 1.29 is 0 Å². The number of rotatable bonds is 6. The predicted octanol–water partition coefficient (Wildman–Crippen LogP) is 2.88. The third-order valence-electron chi connectivity index (χ3n) is 2.24. The first-order valence-corrected chi connectivity index (χ1v) is 6.04. The molecule has 4 heteroatoms. The molecule has 0 fully saturated rings. The Morgan fingerprint density at radius 3 is 2.73 bits per heavy atom. The van der Waals surface area contributed by atoms with Crippen LogP contribution in [0.25, 0.3) is 0 Å². The molecule has 0 aliphatic rings. The van der Waals surface area contributed by atoms with Crippen molar-refractivity contribution in [1.29, 1.82) is 0 Å². The summed E-state index contributed by atoms with van der Waals surface area (Å²) in [6.07, 6.45) is 4.74. The van der Waals surface area contributed by atoms with Crippen LogP contribution in [0.2, 0.25) is 0 Å². The van der Waals surface area contributed by atoms with Crippen molar-refractivity contribution in [1.82, 2.24) is 14.8 Å². The molecule has 0 aliphatic heterocycles. The fourth-order valence-electron chi connectivity index (χ4n) is 1.52. The molecule has 0 aliphatic carbocycles. The lowest BCUT2D eigenvalue weighted by Crippen LogP contribution is -2.10. The summed E-state index contributed by atoms with van der Waals surface area (Å²) >= 11 is 5.90. The van der Waals surface area contributed by atoms with Gasteiger partial charge in [-0.05, 0) is 25.7 Å². The maximum Gasteiger partial charge on any atom is 0.138 e. The van der Waals surface area contributed by atoms with E-state index in [1.165, 1.54) is 0 Å². The molecule has 1 atom stereocenters. The Hall–Kier alpha value is -0.570. The Morgan fingerprint density at radius 2 is 2.13 bits per heavy atom. The fourth-order valence-corrected chi connectivity index (χ4v) is 1.68. The maximum absolute atomic E-state index is 5.90. The third-order valence-corrected chi connectivity index (χ3v) is 2.45. The molecule has 15 heavy (non-hydrogen) atoms. The van der Waals surface area contributed by atoms with Crippen molar-refractivity contribution in [3.63, 3.8) is 0 Å². The first kappa shape index (κ1) is 12.5. The molecule has 3 nitrogen and oxygen atoms in total. The van der Waals surface area contributed by atoms with Gasteiger partial charge in [-0.15, -0.1) is 11.6 Å². The van der Waals surface area contributed by atoms with Crippen molar-refractivity contribution in [3.8, 4) is 0 Å². The van der Waals surface area contributed by atoms with E-state index in [9.17, 15) is 0 Å². The highest BCUT2D eigenvalue weighted by molar-refractivity contribution is 6.20. The topological polar surface area (TPSA) is 30.7 Å². The van der Waals surface area contributed by atoms with E-state index in [0.717, 1.165) is 31.6 Å². The Kier molecular flexibility index (Phi) is 5.09. The number of alkyl halides is 1. The summed E-state index contributed by atoms with van der Waals surface area (Å²) < 4.78 is 2.00.